The van der Waals surface area contributed by atoms with E-state index in [2.05, 4.69) is 22.6 Å². The summed E-state index contributed by atoms with van der Waals surface area (Å²) in [5, 5.41) is 6.81. The zero-order valence-corrected chi connectivity index (χ0v) is 13.3. The summed E-state index contributed by atoms with van der Waals surface area (Å²) in [7, 11) is 2.09. The van der Waals surface area contributed by atoms with E-state index in [0.717, 1.165) is 32.1 Å². The van der Waals surface area contributed by atoms with Crippen molar-refractivity contribution in [2.45, 2.75) is 19.3 Å². The number of benzene rings is 1. The number of nitrogens with one attached hydrogen (secondary N) is 2. The number of rotatable bonds is 6. The second-order valence-corrected chi connectivity index (χ2v) is 6.14. The summed E-state index contributed by atoms with van der Waals surface area (Å²) < 4.78 is 0. The van der Waals surface area contributed by atoms with Gasteiger partial charge in [0.25, 0.3) is 0 Å². The van der Waals surface area contributed by atoms with Crippen molar-refractivity contribution in [2.75, 3.05) is 38.5 Å². The van der Waals surface area contributed by atoms with Gasteiger partial charge in [-0.3, -0.25) is 4.79 Å². The Hall–Kier alpha value is -1.10. The zero-order valence-electron chi connectivity index (χ0n) is 12.6. The molecular weight excluding hydrogens is 286 g/mol. The Balaban J connectivity index is 1.69. The van der Waals surface area contributed by atoms with Gasteiger partial charge in [0.1, 0.15) is 0 Å². The Bertz CT molecular complexity index is 461. The van der Waals surface area contributed by atoms with Gasteiger partial charge in [0.15, 0.2) is 0 Å². The normalized spacial score (nSPS) is 16.1. The molecule has 2 rings (SSSR count). The van der Waals surface area contributed by atoms with Crippen molar-refractivity contribution < 1.29 is 4.79 Å². The topological polar surface area (TPSA) is 44.4 Å². The van der Waals surface area contributed by atoms with Gasteiger partial charge in [-0.25, -0.2) is 0 Å². The molecule has 1 aromatic carbocycles. The maximum atomic E-state index is 12.0. The lowest BCUT2D eigenvalue weighted by Crippen LogP contribution is -2.35. The van der Waals surface area contributed by atoms with Gasteiger partial charge in [-0.15, -0.1) is 0 Å². The predicted molar refractivity (Wildman–Crippen MR) is 87.8 cm³/mol. The summed E-state index contributed by atoms with van der Waals surface area (Å²) in [5.74, 6) is 0.767. The van der Waals surface area contributed by atoms with Crippen LogP contribution in [-0.4, -0.2) is 44.0 Å². The lowest BCUT2D eigenvalue weighted by atomic mass is 9.98. The van der Waals surface area contributed by atoms with Gasteiger partial charge in [0.2, 0.25) is 5.91 Å². The fourth-order valence-corrected chi connectivity index (χ4v) is 2.85. The lowest BCUT2D eigenvalue weighted by molar-refractivity contribution is -0.116. The third-order valence-corrected chi connectivity index (χ3v) is 4.23. The van der Waals surface area contributed by atoms with Crippen LogP contribution >= 0.6 is 11.6 Å². The number of hydrogen-bond acceptors (Lipinski definition) is 3. The monoisotopic (exact) mass is 309 g/mol. The molecule has 0 bridgehead atoms. The molecule has 4 nitrogen and oxygen atoms in total. The number of carbonyl (C=O) groups excluding carboxylic acids is 1. The number of anilines is 1. The molecule has 1 aliphatic heterocycles. The van der Waals surface area contributed by atoms with Crippen LogP contribution in [0, 0.1) is 5.92 Å². The van der Waals surface area contributed by atoms with Crippen LogP contribution in [0.25, 0.3) is 0 Å². The van der Waals surface area contributed by atoms with E-state index in [0.29, 0.717) is 17.1 Å². The number of amides is 1. The minimum atomic E-state index is 0.0141. The highest BCUT2D eigenvalue weighted by atomic mass is 35.5. The van der Waals surface area contributed by atoms with Gasteiger partial charge >= 0.3 is 0 Å². The first-order valence-corrected chi connectivity index (χ1v) is 7.96. The molecule has 1 saturated heterocycles. The molecule has 5 heteroatoms. The molecule has 116 valence electrons. The molecule has 0 aromatic heterocycles. The van der Waals surface area contributed by atoms with Crippen LogP contribution in [-0.2, 0) is 4.79 Å². The maximum Gasteiger partial charge on any atom is 0.225 e. The molecule has 0 aliphatic carbocycles. The van der Waals surface area contributed by atoms with Crippen molar-refractivity contribution in [3.63, 3.8) is 0 Å². The minimum Gasteiger partial charge on any atom is -0.325 e. The first kappa shape index (κ1) is 16.3. The van der Waals surface area contributed by atoms with Crippen LogP contribution in [0.1, 0.15) is 19.3 Å². The van der Waals surface area contributed by atoms with Gasteiger partial charge in [-0.1, -0.05) is 23.7 Å². The van der Waals surface area contributed by atoms with Gasteiger partial charge in [0, 0.05) is 19.5 Å². The second kappa shape index (κ2) is 8.37. The number of para-hydroxylation sites is 1. The first-order valence-electron chi connectivity index (χ1n) is 7.59. The first-order chi connectivity index (χ1) is 10.1. The van der Waals surface area contributed by atoms with E-state index in [-0.39, 0.29) is 5.91 Å². The van der Waals surface area contributed by atoms with Crippen LogP contribution in [0.5, 0.6) is 0 Å². The molecular formula is C16H24ClN3O. The predicted octanol–water partition coefficient (Wildman–Crippen LogP) is 2.60. The average molecular weight is 310 g/mol. The number of hydrogen-bond donors (Lipinski definition) is 2. The van der Waals surface area contributed by atoms with E-state index in [4.69, 9.17) is 11.6 Å². The SMILES string of the molecule is CN(CCC(=O)Nc1ccccc1Cl)CC1CCNCC1. The molecule has 0 spiro atoms. The molecule has 21 heavy (non-hydrogen) atoms. The summed E-state index contributed by atoms with van der Waals surface area (Å²) in [6.45, 7) is 4.08. The van der Waals surface area contributed by atoms with Crippen LogP contribution in [0.15, 0.2) is 24.3 Å². The highest BCUT2D eigenvalue weighted by Gasteiger charge is 2.15. The molecule has 0 radical (unpaired) electrons. The summed E-state index contributed by atoms with van der Waals surface area (Å²) >= 11 is 6.03. The van der Waals surface area contributed by atoms with E-state index < -0.39 is 0 Å². The zero-order chi connectivity index (χ0) is 15.1. The van der Waals surface area contributed by atoms with Gasteiger partial charge in [-0.05, 0) is 51.0 Å². The number of piperidine rings is 1. The Morgan fingerprint density at radius 2 is 2.10 bits per heavy atom. The lowest BCUT2D eigenvalue weighted by Gasteiger charge is -2.27. The molecule has 0 unspecified atom stereocenters. The minimum absolute atomic E-state index is 0.0141. The Morgan fingerprint density at radius 1 is 1.38 bits per heavy atom. The Morgan fingerprint density at radius 3 is 2.81 bits per heavy atom. The van der Waals surface area contributed by atoms with Gasteiger partial charge in [0.05, 0.1) is 10.7 Å². The maximum absolute atomic E-state index is 12.0. The number of carbonyl (C=O) groups is 1. The smallest absolute Gasteiger partial charge is 0.225 e. The Labute approximate surface area is 131 Å². The van der Waals surface area contributed by atoms with E-state index in [1.165, 1.54) is 12.8 Å². The molecule has 1 heterocycles. The van der Waals surface area contributed by atoms with Crippen molar-refractivity contribution >= 4 is 23.2 Å². The summed E-state index contributed by atoms with van der Waals surface area (Å²) in [6.07, 6.45) is 2.96. The summed E-state index contributed by atoms with van der Waals surface area (Å²) in [5.41, 5.74) is 0.685. The van der Waals surface area contributed by atoms with Crippen LogP contribution in [0.3, 0.4) is 0 Å². The van der Waals surface area contributed by atoms with Crippen LogP contribution in [0.4, 0.5) is 5.69 Å². The van der Waals surface area contributed by atoms with Crippen molar-refractivity contribution in [3.05, 3.63) is 29.3 Å². The van der Waals surface area contributed by atoms with Crippen molar-refractivity contribution in [1.29, 1.82) is 0 Å². The largest absolute Gasteiger partial charge is 0.325 e. The quantitative estimate of drug-likeness (QED) is 0.849. The highest BCUT2D eigenvalue weighted by Crippen LogP contribution is 2.20. The molecule has 0 atom stereocenters. The molecule has 1 aliphatic rings. The highest BCUT2D eigenvalue weighted by molar-refractivity contribution is 6.33. The van der Waals surface area contributed by atoms with Crippen molar-refractivity contribution in [2.24, 2.45) is 5.92 Å². The third kappa shape index (κ3) is 5.65. The third-order valence-electron chi connectivity index (χ3n) is 3.90. The molecule has 0 saturated carbocycles. The molecule has 1 fully saturated rings. The second-order valence-electron chi connectivity index (χ2n) is 5.73. The van der Waals surface area contributed by atoms with E-state index >= 15 is 0 Å². The van der Waals surface area contributed by atoms with Crippen LogP contribution in [0.2, 0.25) is 5.02 Å². The fourth-order valence-electron chi connectivity index (χ4n) is 2.66. The number of nitrogens with zero attached hydrogens (tertiary/aromatic N) is 1. The summed E-state index contributed by atoms with van der Waals surface area (Å²) in [4.78, 5) is 14.2. The van der Waals surface area contributed by atoms with Crippen molar-refractivity contribution in [3.8, 4) is 0 Å². The fraction of sp³-hybridized carbons (Fsp3) is 0.562. The van der Waals surface area contributed by atoms with E-state index in [1.54, 1.807) is 6.07 Å². The van der Waals surface area contributed by atoms with Gasteiger partial charge < -0.3 is 15.5 Å². The van der Waals surface area contributed by atoms with E-state index in [9.17, 15) is 4.79 Å². The average Bonchev–Trinajstić information content (AvgIpc) is 2.49. The Kier molecular flexibility index (Phi) is 6.49. The molecule has 1 amide bonds. The van der Waals surface area contributed by atoms with E-state index in [1.807, 2.05) is 18.2 Å². The number of halogens is 1. The van der Waals surface area contributed by atoms with Crippen LogP contribution < -0.4 is 10.6 Å². The standard InChI is InChI=1S/C16H24ClN3O/c1-20(12-13-6-9-18-10-7-13)11-8-16(21)19-15-5-3-2-4-14(15)17/h2-5,13,18H,6-12H2,1H3,(H,19,21). The van der Waals surface area contributed by atoms with Gasteiger partial charge in [-0.2, -0.15) is 0 Å². The molecule has 2 N–H and O–H groups in total. The van der Waals surface area contributed by atoms with Crippen molar-refractivity contribution in [1.82, 2.24) is 10.2 Å². The summed E-state index contributed by atoms with van der Waals surface area (Å²) in [6, 6.07) is 7.31. The molecule has 1 aromatic rings.